The zero-order chi connectivity index (χ0) is 29.1. The van der Waals surface area contributed by atoms with E-state index in [1.165, 1.54) is 6.33 Å². The molecule has 0 unspecified atom stereocenters. The Bertz CT molecular complexity index is 1100. The molecule has 0 aromatic carbocycles. The zero-order valence-corrected chi connectivity index (χ0v) is 27.9. The summed E-state index contributed by atoms with van der Waals surface area (Å²) in [4.78, 5) is 26.2. The minimum absolute atomic E-state index is 0.125. The Labute approximate surface area is 237 Å². The van der Waals surface area contributed by atoms with Gasteiger partial charge in [0, 0.05) is 11.8 Å². The van der Waals surface area contributed by atoms with Crippen molar-refractivity contribution in [3.63, 3.8) is 0 Å². The number of carbonyl (C=O) groups excluding carboxylic acids is 1. The molecule has 3 heterocycles. The monoisotopic (exact) mass is 577 g/mol. The molecule has 1 aliphatic heterocycles. The second-order valence-corrected chi connectivity index (χ2v) is 21.8. The van der Waals surface area contributed by atoms with E-state index in [1.807, 2.05) is 25.3 Å². The maximum atomic E-state index is 12.7. The first kappa shape index (κ1) is 31.9. The molecule has 0 aliphatic carbocycles. The average Bonchev–Trinajstić information content (AvgIpc) is 3.49. The Kier molecular flexibility index (Phi) is 10.2. The molecule has 39 heavy (non-hydrogen) atoms. The van der Waals surface area contributed by atoms with Crippen molar-refractivity contribution in [1.29, 1.82) is 0 Å². The number of rotatable bonds is 13. The molecule has 3 rings (SSSR count). The van der Waals surface area contributed by atoms with Crippen LogP contribution in [0.25, 0.3) is 11.2 Å². The molecule has 1 amide bonds. The lowest BCUT2D eigenvalue weighted by Gasteiger charge is -2.34. The predicted molar refractivity (Wildman–Crippen MR) is 162 cm³/mol. The summed E-state index contributed by atoms with van der Waals surface area (Å²) in [6.07, 6.45) is 3.41. The fraction of sp³-hybridized carbons (Fsp3) is 0.786. The average molecular weight is 578 g/mol. The maximum Gasteiger partial charge on any atom is 0.230 e. The highest BCUT2D eigenvalue weighted by Gasteiger charge is 2.49. The normalized spacial score (nSPS) is 22.5. The van der Waals surface area contributed by atoms with Gasteiger partial charge in [0.1, 0.15) is 6.33 Å². The Morgan fingerprint density at radius 2 is 1.62 bits per heavy atom. The molecule has 1 fully saturated rings. The molecule has 11 heteroatoms. The van der Waals surface area contributed by atoms with Gasteiger partial charge in [-0.3, -0.25) is 9.36 Å². The smallest absolute Gasteiger partial charge is 0.230 e. The molecule has 3 atom stereocenters. The molecule has 0 saturated carbocycles. The lowest BCUT2D eigenvalue weighted by Crippen LogP contribution is -2.43. The number of amides is 1. The molecule has 1 saturated heterocycles. The topological polar surface area (TPSA) is 100 Å². The summed E-state index contributed by atoms with van der Waals surface area (Å²) in [7, 11) is -3.72. The second-order valence-electron chi connectivity index (χ2n) is 12.3. The second kappa shape index (κ2) is 12.5. The van der Waals surface area contributed by atoms with Crippen LogP contribution < -0.4 is 5.32 Å². The third-order valence-electron chi connectivity index (χ3n) is 8.85. The first-order chi connectivity index (χ1) is 18.3. The summed E-state index contributed by atoms with van der Waals surface area (Å²) in [5, 5.41) is 2.93. The molecule has 220 valence electrons. The third-order valence-corrected chi connectivity index (χ3v) is 18.1. The highest BCUT2D eigenvalue weighted by Crippen LogP contribution is 2.43. The minimum Gasteiger partial charge on any atom is -0.414 e. The lowest BCUT2D eigenvalue weighted by atomic mass is 9.96. The van der Waals surface area contributed by atoms with Crippen LogP contribution in [0, 0.1) is 5.41 Å². The number of ether oxygens (including phenoxy) is 1. The Balaban J connectivity index is 1.99. The van der Waals surface area contributed by atoms with Gasteiger partial charge >= 0.3 is 0 Å². The summed E-state index contributed by atoms with van der Waals surface area (Å²) in [6, 6.07) is 6.48. The van der Waals surface area contributed by atoms with Crippen molar-refractivity contribution in [3.05, 3.63) is 12.7 Å². The molecule has 1 aliphatic rings. The molecule has 2 aromatic rings. The van der Waals surface area contributed by atoms with Gasteiger partial charge in [-0.2, -0.15) is 0 Å². The number of aromatic nitrogens is 4. The van der Waals surface area contributed by atoms with Crippen LogP contribution in [0.2, 0.25) is 36.3 Å². The fourth-order valence-corrected chi connectivity index (χ4v) is 11.0. The molecular weight excluding hydrogens is 527 g/mol. The van der Waals surface area contributed by atoms with Crippen LogP contribution in [-0.2, 0) is 18.4 Å². The van der Waals surface area contributed by atoms with Crippen LogP contribution in [0.3, 0.4) is 0 Å². The van der Waals surface area contributed by atoms with Gasteiger partial charge in [-0.25, -0.2) is 15.0 Å². The summed E-state index contributed by atoms with van der Waals surface area (Å²) >= 11 is 0. The number of hydrogen-bond donors (Lipinski definition) is 1. The summed E-state index contributed by atoms with van der Waals surface area (Å²) < 4.78 is 22.7. The Morgan fingerprint density at radius 1 is 1.03 bits per heavy atom. The third kappa shape index (κ3) is 6.81. The van der Waals surface area contributed by atoms with E-state index in [2.05, 4.69) is 68.7 Å². The summed E-state index contributed by atoms with van der Waals surface area (Å²) in [6.45, 7) is 21.8. The lowest BCUT2D eigenvalue weighted by molar-refractivity contribution is -0.123. The quantitative estimate of drug-likeness (QED) is 0.258. The van der Waals surface area contributed by atoms with Crippen LogP contribution in [0.4, 0.5) is 5.82 Å². The molecule has 1 N–H and O–H groups in total. The summed E-state index contributed by atoms with van der Waals surface area (Å²) in [5.74, 6) is 0.282. The molecule has 0 bridgehead atoms. The van der Waals surface area contributed by atoms with Crippen molar-refractivity contribution < 1.29 is 18.4 Å². The van der Waals surface area contributed by atoms with Crippen LogP contribution in [0.15, 0.2) is 12.7 Å². The minimum atomic E-state index is -1.94. The van der Waals surface area contributed by atoms with Gasteiger partial charge in [0.25, 0.3) is 0 Å². The Hall–Kier alpha value is -1.67. The van der Waals surface area contributed by atoms with Crippen molar-refractivity contribution in [2.75, 3.05) is 11.9 Å². The SMILES string of the molecule is CC[Si](CC)(CC)OC[C@]1(C)C[C@@H](O[Si](CC)(CC)CC)[C@H](n2cnc3c(NC(=O)C(C)(C)C)ncnc32)O1. The molecule has 9 nitrogen and oxygen atoms in total. The molecular formula is C28H51N5O4Si2. The summed E-state index contributed by atoms with van der Waals surface area (Å²) in [5.41, 5.74) is 0.114. The predicted octanol–water partition coefficient (Wildman–Crippen LogP) is 6.90. The van der Waals surface area contributed by atoms with E-state index in [9.17, 15) is 4.79 Å². The number of imidazole rings is 1. The van der Waals surface area contributed by atoms with Crippen LogP contribution >= 0.6 is 0 Å². The first-order valence-electron chi connectivity index (χ1n) is 14.8. The van der Waals surface area contributed by atoms with Gasteiger partial charge in [0.15, 0.2) is 39.8 Å². The molecule has 0 spiro atoms. The van der Waals surface area contributed by atoms with E-state index in [4.69, 9.17) is 13.6 Å². The van der Waals surface area contributed by atoms with Crippen molar-refractivity contribution in [2.24, 2.45) is 5.41 Å². The van der Waals surface area contributed by atoms with Crippen LogP contribution in [0.5, 0.6) is 0 Å². The maximum absolute atomic E-state index is 12.7. The number of carbonyl (C=O) groups is 1. The first-order valence-corrected chi connectivity index (χ1v) is 19.9. The highest BCUT2D eigenvalue weighted by atomic mass is 28.4. The van der Waals surface area contributed by atoms with Crippen molar-refractivity contribution in [3.8, 4) is 0 Å². The molecule has 2 aromatic heterocycles. The van der Waals surface area contributed by atoms with Crippen molar-refractivity contribution in [1.82, 2.24) is 19.5 Å². The standard InChI is InChI=1S/C28H51N5O4Si2/c1-11-38(12-2,13-3)35-18-28(10)17-21(37-39(14-4,15-5)16-6)25(36-28)33-20-31-22-23(29-19-30-24(22)33)32-26(34)27(7,8)9/h19-21,25H,11-18H2,1-10H3,(H,29,30,32,34)/t21-,25-,28+/m1/s1. The highest BCUT2D eigenvalue weighted by molar-refractivity contribution is 6.74. The molecule has 0 radical (unpaired) electrons. The van der Waals surface area contributed by atoms with Crippen molar-refractivity contribution in [2.45, 2.75) is 130 Å². The Morgan fingerprint density at radius 3 is 2.15 bits per heavy atom. The van der Waals surface area contributed by atoms with E-state index in [0.29, 0.717) is 23.6 Å². The fourth-order valence-electron chi connectivity index (χ4n) is 5.48. The number of anilines is 1. The van der Waals surface area contributed by atoms with Crippen LogP contribution in [0.1, 0.15) is 81.9 Å². The van der Waals surface area contributed by atoms with E-state index >= 15 is 0 Å². The van der Waals surface area contributed by atoms with E-state index < -0.39 is 33.9 Å². The number of nitrogens with one attached hydrogen (secondary N) is 1. The van der Waals surface area contributed by atoms with Gasteiger partial charge in [-0.05, 0) is 43.2 Å². The van der Waals surface area contributed by atoms with Gasteiger partial charge in [0.05, 0.1) is 24.6 Å². The van der Waals surface area contributed by atoms with Gasteiger partial charge in [0.2, 0.25) is 5.91 Å². The number of fused-ring (bicyclic) bond motifs is 1. The van der Waals surface area contributed by atoms with E-state index in [0.717, 1.165) is 42.7 Å². The van der Waals surface area contributed by atoms with Crippen molar-refractivity contribution >= 4 is 39.5 Å². The van der Waals surface area contributed by atoms with Gasteiger partial charge < -0.3 is 18.9 Å². The van der Waals surface area contributed by atoms with Gasteiger partial charge in [-0.1, -0.05) is 62.3 Å². The number of nitrogens with zero attached hydrogens (tertiary/aromatic N) is 4. The van der Waals surface area contributed by atoms with E-state index in [1.54, 1.807) is 6.33 Å². The van der Waals surface area contributed by atoms with E-state index in [-0.39, 0.29) is 12.0 Å². The zero-order valence-electron chi connectivity index (χ0n) is 25.9. The number of hydrogen-bond acceptors (Lipinski definition) is 7. The largest absolute Gasteiger partial charge is 0.414 e. The van der Waals surface area contributed by atoms with Crippen LogP contribution in [-0.4, -0.2) is 60.4 Å². The van der Waals surface area contributed by atoms with Gasteiger partial charge in [-0.15, -0.1) is 0 Å².